The minimum absolute atomic E-state index is 0.336. The molecule has 1 aliphatic rings. The van der Waals surface area contributed by atoms with Crippen molar-refractivity contribution in [1.82, 2.24) is 16.2 Å². The third kappa shape index (κ3) is 7.12. The Morgan fingerprint density at radius 2 is 1.82 bits per heavy atom. The first-order valence-corrected chi connectivity index (χ1v) is 11.7. The van der Waals surface area contributed by atoms with Crippen molar-refractivity contribution < 1.29 is 19.1 Å². The lowest BCUT2D eigenvalue weighted by molar-refractivity contribution is -0.126. The van der Waals surface area contributed by atoms with Crippen LogP contribution in [0.4, 0.5) is 10.5 Å². The van der Waals surface area contributed by atoms with Crippen LogP contribution < -0.4 is 25.8 Å². The van der Waals surface area contributed by atoms with E-state index in [4.69, 9.17) is 4.74 Å². The number of anilines is 1. The Balaban J connectivity index is 1.42. The zero-order valence-electron chi connectivity index (χ0n) is 20.5. The highest BCUT2D eigenvalue weighted by molar-refractivity contribution is 5.86. The van der Waals surface area contributed by atoms with Crippen LogP contribution in [0.15, 0.2) is 48.5 Å². The number of nitrogens with zero attached hydrogens (tertiary/aromatic N) is 1. The smallest absolute Gasteiger partial charge is 0.407 e. The van der Waals surface area contributed by atoms with E-state index in [0.717, 1.165) is 30.8 Å². The number of alkyl carbamates (subject to hydrolysis) is 1. The first kappa shape index (κ1) is 25.4. The Morgan fingerprint density at radius 1 is 1.09 bits per heavy atom. The lowest BCUT2D eigenvalue weighted by Gasteiger charge is -2.31. The molecule has 0 saturated carbocycles. The average Bonchev–Trinajstić information content (AvgIpc) is 2.82. The molecule has 2 amide bonds. The molecule has 3 rings (SSSR count). The lowest BCUT2D eigenvalue weighted by Crippen LogP contribution is -2.56. The van der Waals surface area contributed by atoms with Crippen LogP contribution in [0.25, 0.3) is 0 Å². The largest absolute Gasteiger partial charge is 0.492 e. The Morgan fingerprint density at radius 3 is 2.53 bits per heavy atom. The fourth-order valence-electron chi connectivity index (χ4n) is 3.98. The minimum Gasteiger partial charge on any atom is -0.492 e. The molecule has 0 fully saturated rings. The van der Waals surface area contributed by atoms with Crippen LogP contribution in [0.1, 0.15) is 38.3 Å². The van der Waals surface area contributed by atoms with Gasteiger partial charge in [0.2, 0.25) is 0 Å². The molecule has 1 unspecified atom stereocenters. The summed E-state index contributed by atoms with van der Waals surface area (Å²) in [5.74, 6) is 0.477. The number of amides is 2. The maximum Gasteiger partial charge on any atom is 0.407 e. The van der Waals surface area contributed by atoms with E-state index in [9.17, 15) is 9.59 Å². The van der Waals surface area contributed by atoms with Crippen LogP contribution in [-0.2, 0) is 22.5 Å². The van der Waals surface area contributed by atoms with Crippen LogP contribution in [0.3, 0.4) is 0 Å². The summed E-state index contributed by atoms with van der Waals surface area (Å²) in [6, 6.07) is 15.6. The number of carbonyl (C=O) groups is 2. The molecule has 2 aromatic carbocycles. The molecule has 0 aliphatic carbocycles. The molecule has 0 spiro atoms. The maximum absolute atomic E-state index is 12.5. The molecule has 1 atom stereocenters. The second-order valence-electron chi connectivity index (χ2n) is 9.49. The van der Waals surface area contributed by atoms with E-state index >= 15 is 0 Å². The molecular formula is C26H36N4O4. The zero-order chi connectivity index (χ0) is 24.6. The fourth-order valence-corrected chi connectivity index (χ4v) is 3.98. The van der Waals surface area contributed by atoms with Crippen molar-refractivity contribution in [3.8, 4) is 5.75 Å². The first-order valence-electron chi connectivity index (χ1n) is 11.7. The molecule has 184 valence electrons. The van der Waals surface area contributed by atoms with E-state index in [-0.39, 0.29) is 5.91 Å². The van der Waals surface area contributed by atoms with Gasteiger partial charge in [-0.3, -0.25) is 10.2 Å². The highest BCUT2D eigenvalue weighted by Crippen LogP contribution is 2.26. The van der Waals surface area contributed by atoms with Crippen molar-refractivity contribution >= 4 is 17.7 Å². The van der Waals surface area contributed by atoms with E-state index in [1.54, 1.807) is 0 Å². The SMILES string of the molecule is COC(=O)NC(C(=O)NNCc1ccc(OCCN2CCCc3ccccc32)cc1)C(C)(C)C. The van der Waals surface area contributed by atoms with Gasteiger partial charge >= 0.3 is 6.09 Å². The van der Waals surface area contributed by atoms with Crippen LogP contribution in [-0.4, -0.2) is 44.8 Å². The summed E-state index contributed by atoms with van der Waals surface area (Å²) in [6.45, 7) is 8.57. The molecule has 8 heteroatoms. The normalized spacial score (nSPS) is 14.1. The second kappa shape index (κ2) is 11.7. The van der Waals surface area contributed by atoms with Crippen LogP contribution in [0.2, 0.25) is 0 Å². The third-order valence-electron chi connectivity index (χ3n) is 5.84. The quantitative estimate of drug-likeness (QED) is 0.489. The molecule has 3 N–H and O–H groups in total. The van der Waals surface area contributed by atoms with Gasteiger partial charge in [-0.15, -0.1) is 0 Å². The van der Waals surface area contributed by atoms with Gasteiger partial charge in [-0.2, -0.15) is 0 Å². The zero-order valence-corrected chi connectivity index (χ0v) is 20.5. The van der Waals surface area contributed by atoms with E-state index in [2.05, 4.69) is 50.1 Å². The van der Waals surface area contributed by atoms with E-state index < -0.39 is 17.6 Å². The molecule has 0 aromatic heterocycles. The maximum atomic E-state index is 12.5. The van der Waals surface area contributed by atoms with Gasteiger partial charge in [-0.1, -0.05) is 51.1 Å². The summed E-state index contributed by atoms with van der Waals surface area (Å²) in [5.41, 5.74) is 8.83. The fraction of sp³-hybridized carbons (Fsp3) is 0.462. The van der Waals surface area contributed by atoms with Crippen LogP contribution in [0, 0.1) is 5.41 Å². The molecule has 8 nitrogen and oxygen atoms in total. The highest BCUT2D eigenvalue weighted by Gasteiger charge is 2.33. The van der Waals surface area contributed by atoms with Crippen molar-refractivity contribution in [2.24, 2.45) is 5.41 Å². The van der Waals surface area contributed by atoms with E-state index in [1.807, 2.05) is 45.0 Å². The molecule has 0 saturated heterocycles. The summed E-state index contributed by atoms with van der Waals surface area (Å²) in [7, 11) is 1.27. The summed E-state index contributed by atoms with van der Waals surface area (Å²) < 4.78 is 10.6. The van der Waals surface area contributed by atoms with E-state index in [0.29, 0.717) is 13.2 Å². The van der Waals surface area contributed by atoms with Crippen molar-refractivity contribution in [2.45, 2.75) is 46.2 Å². The number of aryl methyl sites for hydroxylation is 1. The number of hydrogen-bond acceptors (Lipinski definition) is 6. The summed E-state index contributed by atoms with van der Waals surface area (Å²) in [4.78, 5) is 26.5. The summed E-state index contributed by atoms with van der Waals surface area (Å²) >= 11 is 0. The number of ether oxygens (including phenoxy) is 2. The molecular weight excluding hydrogens is 432 g/mol. The highest BCUT2D eigenvalue weighted by atomic mass is 16.5. The Labute approximate surface area is 202 Å². The molecule has 2 aromatic rings. The van der Waals surface area contributed by atoms with Crippen molar-refractivity contribution in [3.05, 3.63) is 59.7 Å². The third-order valence-corrected chi connectivity index (χ3v) is 5.84. The van der Waals surface area contributed by atoms with Gasteiger partial charge in [0.1, 0.15) is 18.4 Å². The standard InChI is InChI=1S/C26H36N4O4/c1-26(2,3)23(28-25(32)33-4)24(31)29-27-18-19-11-13-21(14-12-19)34-17-16-30-15-7-9-20-8-5-6-10-22(20)30/h5-6,8,10-14,23,27H,7,9,15-18H2,1-4H3,(H,28,32)(H,29,31). The number of rotatable bonds is 9. The molecule has 1 heterocycles. The number of fused-ring (bicyclic) bond motifs is 1. The van der Waals surface area contributed by atoms with Gasteiger partial charge in [0.25, 0.3) is 5.91 Å². The van der Waals surface area contributed by atoms with Crippen molar-refractivity contribution in [3.63, 3.8) is 0 Å². The summed E-state index contributed by atoms with van der Waals surface area (Å²) in [5, 5.41) is 2.58. The molecule has 34 heavy (non-hydrogen) atoms. The van der Waals surface area contributed by atoms with Gasteiger partial charge in [0.05, 0.1) is 13.7 Å². The van der Waals surface area contributed by atoms with Crippen molar-refractivity contribution in [1.29, 1.82) is 0 Å². The number of para-hydroxylation sites is 1. The van der Waals surface area contributed by atoms with E-state index in [1.165, 1.54) is 24.8 Å². The molecule has 0 bridgehead atoms. The predicted molar refractivity (Wildman–Crippen MR) is 133 cm³/mol. The van der Waals surface area contributed by atoms with Crippen molar-refractivity contribution in [2.75, 3.05) is 31.7 Å². The van der Waals surface area contributed by atoms with Crippen LogP contribution in [0.5, 0.6) is 5.75 Å². The Kier molecular flexibility index (Phi) is 8.76. The summed E-state index contributed by atoms with van der Waals surface area (Å²) in [6.07, 6.45) is 1.67. The van der Waals surface area contributed by atoms with Crippen LogP contribution >= 0.6 is 0 Å². The van der Waals surface area contributed by atoms with Gasteiger partial charge < -0.3 is 19.7 Å². The number of hydrogen-bond donors (Lipinski definition) is 3. The second-order valence-corrected chi connectivity index (χ2v) is 9.49. The number of benzene rings is 2. The number of methoxy groups -OCH3 is 1. The van der Waals surface area contributed by atoms with Gasteiger partial charge in [-0.25, -0.2) is 10.2 Å². The Bertz CT molecular complexity index is 956. The van der Waals surface area contributed by atoms with Gasteiger partial charge in [-0.05, 0) is 47.6 Å². The number of hydrazine groups is 1. The monoisotopic (exact) mass is 468 g/mol. The predicted octanol–water partition coefficient (Wildman–Crippen LogP) is 3.41. The number of nitrogens with one attached hydrogen (secondary N) is 3. The molecule has 0 radical (unpaired) electrons. The Hall–Kier alpha value is -3.26. The molecule has 1 aliphatic heterocycles. The average molecular weight is 469 g/mol. The topological polar surface area (TPSA) is 91.9 Å². The minimum atomic E-state index is -0.741. The lowest BCUT2D eigenvalue weighted by atomic mass is 9.86. The first-order chi connectivity index (χ1) is 16.3. The van der Waals surface area contributed by atoms with Gasteiger partial charge in [0, 0.05) is 18.8 Å². The van der Waals surface area contributed by atoms with Gasteiger partial charge in [0.15, 0.2) is 0 Å². The number of carbonyl (C=O) groups excluding carboxylic acids is 2.